The van der Waals surface area contributed by atoms with Crippen LogP contribution in [-0.2, 0) is 11.3 Å². The number of amides is 1. The summed E-state index contributed by atoms with van der Waals surface area (Å²) in [4.78, 5) is 11.1. The molecule has 13 heavy (non-hydrogen) atoms. The third kappa shape index (κ3) is 3.32. The maximum Gasteiger partial charge on any atom is 0.220 e. The Morgan fingerprint density at radius 1 is 1.54 bits per heavy atom. The van der Waals surface area contributed by atoms with Crippen LogP contribution in [-0.4, -0.2) is 5.91 Å². The second kappa shape index (κ2) is 4.70. The first-order chi connectivity index (χ1) is 6.22. The molecule has 1 amide bonds. The summed E-state index contributed by atoms with van der Waals surface area (Å²) < 4.78 is 5.30. The van der Waals surface area contributed by atoms with Gasteiger partial charge in [0, 0.05) is 6.42 Å². The molecule has 0 saturated carbocycles. The summed E-state index contributed by atoms with van der Waals surface area (Å²) in [6.45, 7) is 4.36. The summed E-state index contributed by atoms with van der Waals surface area (Å²) in [7, 11) is 0. The average molecular weight is 181 g/mol. The smallest absolute Gasteiger partial charge is 0.220 e. The van der Waals surface area contributed by atoms with Crippen molar-refractivity contribution >= 4 is 5.91 Å². The molecule has 3 heteroatoms. The van der Waals surface area contributed by atoms with E-state index in [-0.39, 0.29) is 5.91 Å². The molecule has 0 bridgehead atoms. The molecule has 0 fully saturated rings. The number of hydrogen-bond acceptors (Lipinski definition) is 2. The first-order valence-electron chi connectivity index (χ1n) is 4.54. The molecule has 0 aliphatic carbocycles. The van der Waals surface area contributed by atoms with Crippen LogP contribution in [0.3, 0.4) is 0 Å². The fourth-order valence-electron chi connectivity index (χ4n) is 1.08. The van der Waals surface area contributed by atoms with Crippen molar-refractivity contribution in [2.45, 2.75) is 33.2 Å². The molecular weight excluding hydrogens is 166 g/mol. The number of furan rings is 1. The molecule has 1 N–H and O–H groups in total. The minimum absolute atomic E-state index is 0.0801. The van der Waals surface area contributed by atoms with Gasteiger partial charge in [-0.1, -0.05) is 6.92 Å². The van der Waals surface area contributed by atoms with E-state index in [2.05, 4.69) is 5.32 Å². The number of carbonyl (C=O) groups excluding carboxylic acids is 1. The van der Waals surface area contributed by atoms with E-state index in [4.69, 9.17) is 4.42 Å². The van der Waals surface area contributed by atoms with Crippen molar-refractivity contribution in [2.24, 2.45) is 0 Å². The largest absolute Gasteiger partial charge is 0.465 e. The summed E-state index contributed by atoms with van der Waals surface area (Å²) in [5, 5.41) is 2.78. The zero-order chi connectivity index (χ0) is 9.68. The fourth-order valence-corrected chi connectivity index (χ4v) is 1.08. The maximum atomic E-state index is 11.1. The molecule has 72 valence electrons. The van der Waals surface area contributed by atoms with Crippen LogP contribution in [0.1, 0.15) is 31.3 Å². The molecule has 0 unspecified atom stereocenters. The first kappa shape index (κ1) is 9.84. The SMILES string of the molecule is CCCC(=O)NCc1ccc(C)o1. The van der Waals surface area contributed by atoms with Crippen molar-refractivity contribution in [3.63, 3.8) is 0 Å². The fraction of sp³-hybridized carbons (Fsp3) is 0.500. The summed E-state index contributed by atoms with van der Waals surface area (Å²) in [6, 6.07) is 3.77. The van der Waals surface area contributed by atoms with E-state index in [1.807, 2.05) is 26.0 Å². The van der Waals surface area contributed by atoms with Gasteiger partial charge in [0.15, 0.2) is 0 Å². The van der Waals surface area contributed by atoms with Crippen LogP contribution < -0.4 is 5.32 Å². The van der Waals surface area contributed by atoms with Crippen LogP contribution >= 0.6 is 0 Å². The zero-order valence-electron chi connectivity index (χ0n) is 8.09. The molecule has 1 aromatic heterocycles. The van der Waals surface area contributed by atoms with Gasteiger partial charge in [0.1, 0.15) is 11.5 Å². The highest BCUT2D eigenvalue weighted by Gasteiger charge is 2.01. The maximum absolute atomic E-state index is 11.1. The lowest BCUT2D eigenvalue weighted by Crippen LogP contribution is -2.21. The van der Waals surface area contributed by atoms with E-state index in [1.165, 1.54) is 0 Å². The summed E-state index contributed by atoms with van der Waals surface area (Å²) in [5.74, 6) is 1.76. The number of rotatable bonds is 4. The van der Waals surface area contributed by atoms with E-state index >= 15 is 0 Å². The Bertz CT molecular complexity index is 278. The highest BCUT2D eigenvalue weighted by Crippen LogP contribution is 2.05. The van der Waals surface area contributed by atoms with Crippen molar-refractivity contribution in [2.75, 3.05) is 0 Å². The lowest BCUT2D eigenvalue weighted by molar-refractivity contribution is -0.121. The number of carbonyl (C=O) groups is 1. The third-order valence-corrected chi connectivity index (χ3v) is 1.73. The van der Waals surface area contributed by atoms with E-state index in [0.717, 1.165) is 17.9 Å². The van der Waals surface area contributed by atoms with E-state index < -0.39 is 0 Å². The van der Waals surface area contributed by atoms with Gasteiger partial charge < -0.3 is 9.73 Å². The normalized spacial score (nSPS) is 10.0. The summed E-state index contributed by atoms with van der Waals surface area (Å²) >= 11 is 0. The highest BCUT2D eigenvalue weighted by atomic mass is 16.3. The molecule has 0 spiro atoms. The first-order valence-corrected chi connectivity index (χ1v) is 4.54. The lowest BCUT2D eigenvalue weighted by Gasteiger charge is -2.00. The van der Waals surface area contributed by atoms with Gasteiger partial charge in [0.2, 0.25) is 5.91 Å². The minimum atomic E-state index is 0.0801. The van der Waals surface area contributed by atoms with Gasteiger partial charge >= 0.3 is 0 Å². The van der Waals surface area contributed by atoms with E-state index in [1.54, 1.807) is 0 Å². The molecule has 0 aromatic carbocycles. The van der Waals surface area contributed by atoms with Crippen LogP contribution in [0.4, 0.5) is 0 Å². The molecule has 0 atom stereocenters. The van der Waals surface area contributed by atoms with Crippen LogP contribution in [0.2, 0.25) is 0 Å². The second-order valence-electron chi connectivity index (χ2n) is 3.04. The molecule has 1 rings (SSSR count). The predicted octanol–water partition coefficient (Wildman–Crippen LogP) is 2.00. The molecule has 3 nitrogen and oxygen atoms in total. The number of nitrogens with one attached hydrogen (secondary N) is 1. The molecule has 0 aliphatic rings. The Labute approximate surface area is 78.1 Å². The van der Waals surface area contributed by atoms with E-state index in [9.17, 15) is 4.79 Å². The van der Waals surface area contributed by atoms with Crippen LogP contribution in [0, 0.1) is 6.92 Å². The van der Waals surface area contributed by atoms with Crippen LogP contribution in [0.15, 0.2) is 16.5 Å². The van der Waals surface area contributed by atoms with Gasteiger partial charge in [-0.25, -0.2) is 0 Å². The molecule has 0 saturated heterocycles. The van der Waals surface area contributed by atoms with Crippen molar-refractivity contribution in [1.29, 1.82) is 0 Å². The Morgan fingerprint density at radius 2 is 2.31 bits per heavy atom. The lowest BCUT2D eigenvalue weighted by atomic mass is 10.3. The Morgan fingerprint density at radius 3 is 2.85 bits per heavy atom. The third-order valence-electron chi connectivity index (χ3n) is 1.73. The Hall–Kier alpha value is -1.25. The molecule has 0 radical (unpaired) electrons. The zero-order valence-corrected chi connectivity index (χ0v) is 8.09. The second-order valence-corrected chi connectivity index (χ2v) is 3.04. The number of hydrogen-bond donors (Lipinski definition) is 1. The van der Waals surface area contributed by atoms with Crippen molar-refractivity contribution < 1.29 is 9.21 Å². The van der Waals surface area contributed by atoms with Gasteiger partial charge in [0.25, 0.3) is 0 Å². The Kier molecular flexibility index (Phi) is 3.55. The Balaban J connectivity index is 2.30. The number of aryl methyl sites for hydroxylation is 1. The van der Waals surface area contributed by atoms with Crippen molar-refractivity contribution in [1.82, 2.24) is 5.32 Å². The van der Waals surface area contributed by atoms with Crippen molar-refractivity contribution in [3.05, 3.63) is 23.7 Å². The van der Waals surface area contributed by atoms with Gasteiger partial charge in [-0.2, -0.15) is 0 Å². The van der Waals surface area contributed by atoms with E-state index in [0.29, 0.717) is 13.0 Å². The summed E-state index contributed by atoms with van der Waals surface area (Å²) in [5.41, 5.74) is 0. The molecular formula is C10H15NO2. The standard InChI is InChI=1S/C10H15NO2/c1-3-4-10(12)11-7-9-6-5-8(2)13-9/h5-6H,3-4,7H2,1-2H3,(H,11,12). The van der Waals surface area contributed by atoms with Gasteiger partial charge in [-0.05, 0) is 25.5 Å². The highest BCUT2D eigenvalue weighted by molar-refractivity contribution is 5.75. The quantitative estimate of drug-likeness (QED) is 0.772. The topological polar surface area (TPSA) is 42.2 Å². The van der Waals surface area contributed by atoms with Crippen LogP contribution in [0.25, 0.3) is 0 Å². The molecule has 0 aliphatic heterocycles. The summed E-state index contributed by atoms with van der Waals surface area (Å²) in [6.07, 6.45) is 1.46. The van der Waals surface area contributed by atoms with Crippen molar-refractivity contribution in [3.8, 4) is 0 Å². The predicted molar refractivity (Wildman–Crippen MR) is 50.2 cm³/mol. The minimum Gasteiger partial charge on any atom is -0.465 e. The van der Waals surface area contributed by atoms with Crippen LogP contribution in [0.5, 0.6) is 0 Å². The molecule has 1 aromatic rings. The monoisotopic (exact) mass is 181 g/mol. The molecule has 1 heterocycles. The van der Waals surface area contributed by atoms with Gasteiger partial charge in [0.05, 0.1) is 6.54 Å². The average Bonchev–Trinajstić information content (AvgIpc) is 2.49. The van der Waals surface area contributed by atoms with Gasteiger partial charge in [-0.3, -0.25) is 4.79 Å². The van der Waals surface area contributed by atoms with Gasteiger partial charge in [-0.15, -0.1) is 0 Å².